The summed E-state index contributed by atoms with van der Waals surface area (Å²) in [5.41, 5.74) is 0. The summed E-state index contributed by atoms with van der Waals surface area (Å²) in [6.45, 7) is 0. The van der Waals surface area contributed by atoms with Gasteiger partial charge in [0.1, 0.15) is 0 Å². The Balaban J connectivity index is 0.000000167. The second kappa shape index (κ2) is 8.32. The molecule has 1 heteroatoms. The van der Waals surface area contributed by atoms with E-state index >= 15 is 0 Å². The van der Waals surface area contributed by atoms with E-state index < -0.39 is 0 Å². The Morgan fingerprint density at radius 3 is 0.909 bits per heavy atom. The monoisotopic (exact) mass is 174 g/mol. The van der Waals surface area contributed by atoms with E-state index in [9.17, 15) is 0 Å². The molecule has 0 fully saturated rings. The fourth-order valence-corrected chi connectivity index (χ4v) is 0.786. The molecule has 56 valence electrons. The molecule has 2 aliphatic rings. The molecule has 0 atom stereocenters. The molecule has 11 heavy (non-hydrogen) atoms. The Labute approximate surface area is 98.4 Å². The van der Waals surface area contributed by atoms with Crippen molar-refractivity contribution in [2.75, 3.05) is 0 Å². The molecule has 0 aliphatic heterocycles. The normalized spacial score (nSPS) is 16.0. The van der Waals surface area contributed by atoms with Gasteiger partial charge in [0.05, 0.1) is 0 Å². The Hall–Kier alpha value is 0.220. The van der Waals surface area contributed by atoms with Crippen molar-refractivity contribution < 1.29 is 0 Å². The third kappa shape index (κ3) is 6.61. The molecular weight excluding hydrogens is 160 g/mol. The number of hydrogen-bond donors (Lipinski definition) is 0. The molecule has 0 aromatic carbocycles. The van der Waals surface area contributed by atoms with Crippen molar-refractivity contribution in [3.8, 4) is 0 Å². The van der Waals surface area contributed by atoms with Crippen LogP contribution in [0.4, 0.5) is 0 Å². The SMILES string of the molecule is C1=CCC=C1.C1=CCC=C1.[CaH2]. The van der Waals surface area contributed by atoms with E-state index in [1.807, 2.05) is 0 Å². The maximum atomic E-state index is 2.12. The summed E-state index contributed by atoms with van der Waals surface area (Å²) in [5.74, 6) is 0. The molecule has 0 N–H and O–H groups in total. The first kappa shape index (κ1) is 11.2. The van der Waals surface area contributed by atoms with Crippen molar-refractivity contribution >= 4 is 37.7 Å². The summed E-state index contributed by atoms with van der Waals surface area (Å²) in [6, 6.07) is 0. The van der Waals surface area contributed by atoms with E-state index in [1.165, 1.54) is 0 Å². The first-order chi connectivity index (χ1) is 5.00. The van der Waals surface area contributed by atoms with Gasteiger partial charge in [-0.1, -0.05) is 48.6 Å². The van der Waals surface area contributed by atoms with Crippen LogP contribution in [0.3, 0.4) is 0 Å². The topological polar surface area (TPSA) is 0 Å². The standard InChI is InChI=1S/2C5H6.Ca.2H/c2*1-2-4-5-3-1;;;/h2*1-4H,5H2;;;. The van der Waals surface area contributed by atoms with Gasteiger partial charge in [-0.2, -0.15) is 0 Å². The van der Waals surface area contributed by atoms with E-state index in [-0.39, 0.29) is 37.7 Å². The van der Waals surface area contributed by atoms with Gasteiger partial charge in [0.15, 0.2) is 0 Å². The van der Waals surface area contributed by atoms with Crippen molar-refractivity contribution in [2.24, 2.45) is 0 Å². The minimum absolute atomic E-state index is 0. The molecule has 0 bridgehead atoms. The second-order valence-electron chi connectivity index (χ2n) is 2.18. The molecule has 0 unspecified atom stereocenters. The van der Waals surface area contributed by atoms with Crippen LogP contribution in [-0.4, -0.2) is 37.7 Å². The van der Waals surface area contributed by atoms with Gasteiger partial charge < -0.3 is 0 Å². The van der Waals surface area contributed by atoms with Crippen LogP contribution in [0.1, 0.15) is 12.8 Å². The van der Waals surface area contributed by atoms with Crippen LogP contribution >= 0.6 is 0 Å². The summed E-state index contributed by atoms with van der Waals surface area (Å²) in [5, 5.41) is 0. The van der Waals surface area contributed by atoms with Crippen molar-refractivity contribution in [3.05, 3.63) is 48.6 Å². The van der Waals surface area contributed by atoms with Gasteiger partial charge in [-0.25, -0.2) is 0 Å². The Bertz CT molecular complexity index is 143. The summed E-state index contributed by atoms with van der Waals surface area (Å²) < 4.78 is 0. The third-order valence-corrected chi connectivity index (χ3v) is 1.31. The zero-order valence-corrected chi connectivity index (χ0v) is 6.03. The molecule has 0 radical (unpaired) electrons. The van der Waals surface area contributed by atoms with Crippen molar-refractivity contribution in [3.63, 3.8) is 0 Å². The predicted molar refractivity (Wildman–Crippen MR) is 54.3 cm³/mol. The van der Waals surface area contributed by atoms with Crippen LogP contribution in [0, 0.1) is 0 Å². The van der Waals surface area contributed by atoms with E-state index in [1.54, 1.807) is 0 Å². The molecule has 0 heterocycles. The Morgan fingerprint density at radius 1 is 0.545 bits per heavy atom. The van der Waals surface area contributed by atoms with E-state index in [0.29, 0.717) is 0 Å². The van der Waals surface area contributed by atoms with E-state index in [4.69, 9.17) is 0 Å². The number of allylic oxidation sites excluding steroid dienone is 8. The average molecular weight is 174 g/mol. The number of hydrogen-bond acceptors (Lipinski definition) is 0. The molecule has 0 nitrogen and oxygen atoms in total. The van der Waals surface area contributed by atoms with Crippen molar-refractivity contribution in [2.45, 2.75) is 12.8 Å². The summed E-state index contributed by atoms with van der Waals surface area (Å²) >= 11 is 0. The molecule has 0 aromatic heterocycles. The summed E-state index contributed by atoms with van der Waals surface area (Å²) in [4.78, 5) is 0. The Morgan fingerprint density at radius 2 is 0.818 bits per heavy atom. The first-order valence-corrected chi connectivity index (χ1v) is 3.63. The van der Waals surface area contributed by atoms with Crippen LogP contribution in [-0.2, 0) is 0 Å². The van der Waals surface area contributed by atoms with Gasteiger partial charge in [0.25, 0.3) is 0 Å². The fraction of sp³-hybridized carbons (Fsp3) is 0.200. The molecule has 0 spiro atoms. The first-order valence-electron chi connectivity index (χ1n) is 3.63. The van der Waals surface area contributed by atoms with Crippen LogP contribution in [0.5, 0.6) is 0 Å². The van der Waals surface area contributed by atoms with Gasteiger partial charge in [0.2, 0.25) is 0 Å². The third-order valence-electron chi connectivity index (χ3n) is 1.31. The molecule has 0 saturated carbocycles. The maximum absolute atomic E-state index is 2.12. The predicted octanol–water partition coefficient (Wildman–Crippen LogP) is 2.09. The van der Waals surface area contributed by atoms with Crippen LogP contribution in [0.15, 0.2) is 48.6 Å². The van der Waals surface area contributed by atoms with Crippen LogP contribution < -0.4 is 0 Å². The van der Waals surface area contributed by atoms with Crippen LogP contribution in [0.2, 0.25) is 0 Å². The fourth-order valence-electron chi connectivity index (χ4n) is 0.786. The minimum atomic E-state index is 0. The average Bonchev–Trinajstić information content (AvgIpc) is 2.67. The zero-order valence-electron chi connectivity index (χ0n) is 6.03. The summed E-state index contributed by atoms with van der Waals surface area (Å²) in [6.07, 6.45) is 19.0. The molecular formula is C10H14Ca. The molecule has 0 amide bonds. The van der Waals surface area contributed by atoms with Gasteiger partial charge in [-0.3, -0.25) is 0 Å². The van der Waals surface area contributed by atoms with E-state index in [2.05, 4.69) is 48.6 Å². The second-order valence-corrected chi connectivity index (χ2v) is 2.18. The van der Waals surface area contributed by atoms with Gasteiger partial charge in [-0.05, 0) is 12.8 Å². The molecule has 2 rings (SSSR count). The summed E-state index contributed by atoms with van der Waals surface area (Å²) in [7, 11) is 0. The molecule has 0 saturated heterocycles. The van der Waals surface area contributed by atoms with Gasteiger partial charge in [0, 0.05) is 0 Å². The molecule has 2 aliphatic carbocycles. The van der Waals surface area contributed by atoms with Crippen molar-refractivity contribution in [1.29, 1.82) is 0 Å². The van der Waals surface area contributed by atoms with E-state index in [0.717, 1.165) is 12.8 Å². The Kier molecular flexibility index (Phi) is 8.48. The van der Waals surface area contributed by atoms with Crippen LogP contribution in [0.25, 0.3) is 0 Å². The van der Waals surface area contributed by atoms with Gasteiger partial charge in [-0.15, -0.1) is 0 Å². The zero-order chi connectivity index (χ0) is 7.07. The number of rotatable bonds is 0. The molecule has 0 aromatic rings. The quantitative estimate of drug-likeness (QED) is 0.493. The van der Waals surface area contributed by atoms with Crippen molar-refractivity contribution in [1.82, 2.24) is 0 Å². The van der Waals surface area contributed by atoms with Gasteiger partial charge >= 0.3 is 37.7 Å².